The fourth-order valence-corrected chi connectivity index (χ4v) is 3.62. The van der Waals surface area contributed by atoms with Gasteiger partial charge in [0.15, 0.2) is 10.9 Å². The summed E-state index contributed by atoms with van der Waals surface area (Å²) in [6.45, 7) is 2.07. The molecule has 0 bridgehead atoms. The molecule has 0 fully saturated rings. The minimum atomic E-state index is 0.175. The first-order valence-electron chi connectivity index (χ1n) is 8.03. The van der Waals surface area contributed by atoms with Crippen LogP contribution in [0.15, 0.2) is 64.5 Å². The fraction of sp³-hybridized carbons (Fsp3) is 0.211. The molecule has 0 unspecified atom stereocenters. The predicted molar refractivity (Wildman–Crippen MR) is 105 cm³/mol. The molecule has 4 nitrogen and oxygen atoms in total. The highest BCUT2D eigenvalue weighted by Gasteiger charge is 2.10. The van der Waals surface area contributed by atoms with Crippen LogP contribution in [0, 0.1) is 6.92 Å². The number of para-hydroxylation sites is 1. The van der Waals surface area contributed by atoms with Gasteiger partial charge in [-0.25, -0.2) is 0 Å². The quantitative estimate of drug-likeness (QED) is 0.306. The molecule has 0 atom stereocenters. The molecule has 3 aromatic rings. The van der Waals surface area contributed by atoms with Crippen molar-refractivity contribution in [3.8, 4) is 5.69 Å². The minimum Gasteiger partial charge on any atom is -0.294 e. The van der Waals surface area contributed by atoms with Gasteiger partial charge in [-0.1, -0.05) is 58.0 Å². The van der Waals surface area contributed by atoms with Crippen LogP contribution in [0.4, 0.5) is 0 Å². The SMILES string of the molecule is Cc1ccccc1-n1cnnc1SCCCC(=O)c1ccc(Br)cc1. The Labute approximate surface area is 159 Å². The van der Waals surface area contributed by atoms with Gasteiger partial charge in [-0.15, -0.1) is 10.2 Å². The van der Waals surface area contributed by atoms with Crippen LogP contribution in [0.2, 0.25) is 0 Å². The van der Waals surface area contributed by atoms with Crippen molar-refractivity contribution in [3.05, 3.63) is 70.5 Å². The molecule has 0 aliphatic heterocycles. The van der Waals surface area contributed by atoms with Gasteiger partial charge >= 0.3 is 0 Å². The summed E-state index contributed by atoms with van der Waals surface area (Å²) in [5.74, 6) is 1.00. The Morgan fingerprint density at radius 2 is 1.92 bits per heavy atom. The first-order chi connectivity index (χ1) is 12.1. The smallest absolute Gasteiger partial charge is 0.195 e. The van der Waals surface area contributed by atoms with E-state index in [-0.39, 0.29) is 5.78 Å². The van der Waals surface area contributed by atoms with Crippen molar-refractivity contribution in [3.63, 3.8) is 0 Å². The van der Waals surface area contributed by atoms with Gasteiger partial charge in [-0.05, 0) is 37.1 Å². The second-order valence-electron chi connectivity index (χ2n) is 5.65. The summed E-state index contributed by atoms with van der Waals surface area (Å²) < 4.78 is 2.98. The molecular formula is C19H18BrN3OS. The second kappa shape index (κ2) is 8.45. The highest BCUT2D eigenvalue weighted by Crippen LogP contribution is 2.23. The molecule has 3 rings (SSSR count). The topological polar surface area (TPSA) is 47.8 Å². The van der Waals surface area contributed by atoms with Crippen molar-refractivity contribution in [2.45, 2.75) is 24.9 Å². The number of aryl methyl sites for hydroxylation is 1. The van der Waals surface area contributed by atoms with Crippen molar-refractivity contribution >= 4 is 33.5 Å². The molecule has 1 aromatic heterocycles. The summed E-state index contributed by atoms with van der Waals surface area (Å²) in [5, 5.41) is 9.09. The Morgan fingerprint density at radius 3 is 2.68 bits per heavy atom. The monoisotopic (exact) mass is 415 g/mol. The molecule has 0 radical (unpaired) electrons. The molecule has 0 N–H and O–H groups in total. The van der Waals surface area contributed by atoms with Gasteiger partial charge in [-0.2, -0.15) is 0 Å². The minimum absolute atomic E-state index is 0.175. The molecule has 25 heavy (non-hydrogen) atoms. The summed E-state index contributed by atoms with van der Waals surface area (Å²) in [6.07, 6.45) is 3.07. The van der Waals surface area contributed by atoms with Crippen molar-refractivity contribution < 1.29 is 4.79 Å². The molecule has 128 valence electrons. The Bertz CT molecular complexity index is 861. The largest absolute Gasteiger partial charge is 0.294 e. The van der Waals surface area contributed by atoms with Gasteiger partial charge < -0.3 is 0 Å². The van der Waals surface area contributed by atoms with E-state index in [0.717, 1.165) is 33.1 Å². The maximum atomic E-state index is 12.2. The molecule has 0 aliphatic carbocycles. The number of hydrogen-bond acceptors (Lipinski definition) is 4. The number of ketones is 1. The van der Waals surface area contributed by atoms with Crippen molar-refractivity contribution in [1.29, 1.82) is 0 Å². The zero-order valence-corrected chi connectivity index (χ0v) is 16.3. The second-order valence-corrected chi connectivity index (χ2v) is 7.63. The van der Waals surface area contributed by atoms with Crippen molar-refractivity contribution in [1.82, 2.24) is 14.8 Å². The maximum Gasteiger partial charge on any atom is 0.195 e. The highest BCUT2D eigenvalue weighted by atomic mass is 79.9. The third kappa shape index (κ3) is 4.58. The number of carbonyl (C=O) groups excluding carboxylic acids is 1. The van der Waals surface area contributed by atoms with E-state index in [4.69, 9.17) is 0 Å². The van der Waals surface area contributed by atoms with Crippen LogP contribution >= 0.6 is 27.7 Å². The van der Waals surface area contributed by atoms with Gasteiger partial charge in [-0.3, -0.25) is 9.36 Å². The lowest BCUT2D eigenvalue weighted by molar-refractivity contribution is 0.0982. The van der Waals surface area contributed by atoms with Crippen LogP contribution in [0.5, 0.6) is 0 Å². The van der Waals surface area contributed by atoms with Crippen LogP contribution in [-0.4, -0.2) is 26.3 Å². The molecule has 0 saturated heterocycles. The van der Waals surface area contributed by atoms with Gasteiger partial charge in [0.1, 0.15) is 6.33 Å². The highest BCUT2D eigenvalue weighted by molar-refractivity contribution is 9.10. The van der Waals surface area contributed by atoms with Crippen LogP contribution in [0.1, 0.15) is 28.8 Å². The molecule has 0 saturated carbocycles. The molecule has 6 heteroatoms. The van der Waals surface area contributed by atoms with Crippen molar-refractivity contribution in [2.75, 3.05) is 5.75 Å². The van der Waals surface area contributed by atoms with Gasteiger partial charge in [0.05, 0.1) is 5.69 Å². The Morgan fingerprint density at radius 1 is 1.16 bits per heavy atom. The zero-order valence-electron chi connectivity index (χ0n) is 13.9. The van der Waals surface area contributed by atoms with Crippen LogP contribution in [0.3, 0.4) is 0 Å². The predicted octanol–water partition coefficient (Wildman–Crippen LogP) is 5.09. The van der Waals surface area contributed by atoms with E-state index in [2.05, 4.69) is 45.2 Å². The summed E-state index contributed by atoms with van der Waals surface area (Å²) >= 11 is 5.01. The molecule has 2 aromatic carbocycles. The molecule has 0 amide bonds. The number of carbonyl (C=O) groups is 1. The zero-order chi connectivity index (χ0) is 17.6. The molecule has 0 spiro atoms. The first-order valence-corrected chi connectivity index (χ1v) is 9.80. The number of Topliss-reactive ketones (excluding diaryl/α,β-unsaturated/α-hetero) is 1. The fourth-order valence-electron chi connectivity index (χ4n) is 2.50. The van der Waals surface area contributed by atoms with E-state index in [1.54, 1.807) is 18.1 Å². The van der Waals surface area contributed by atoms with Gasteiger partial charge in [0.2, 0.25) is 0 Å². The third-order valence-electron chi connectivity index (χ3n) is 3.84. The summed E-state index contributed by atoms with van der Waals surface area (Å²) in [4.78, 5) is 12.2. The average Bonchev–Trinajstić information content (AvgIpc) is 3.08. The number of rotatable bonds is 7. The van der Waals surface area contributed by atoms with E-state index in [0.29, 0.717) is 6.42 Å². The standard InChI is InChI=1S/C19H18BrN3OS/c1-14-5-2-3-6-17(14)23-13-21-22-19(23)25-12-4-7-18(24)15-8-10-16(20)11-9-15/h2-3,5-6,8-11,13H,4,7,12H2,1H3. The van der Waals surface area contributed by atoms with Crippen LogP contribution in [-0.2, 0) is 0 Å². The Balaban J connectivity index is 1.55. The van der Waals surface area contributed by atoms with Gasteiger partial charge in [0, 0.05) is 22.2 Å². The van der Waals surface area contributed by atoms with Crippen LogP contribution < -0.4 is 0 Å². The molecule has 1 heterocycles. The average molecular weight is 416 g/mol. The number of benzene rings is 2. The number of hydrogen-bond donors (Lipinski definition) is 0. The van der Waals surface area contributed by atoms with E-state index < -0.39 is 0 Å². The summed E-state index contributed by atoms with van der Waals surface area (Å²) in [6, 6.07) is 15.7. The van der Waals surface area contributed by atoms with Crippen LogP contribution in [0.25, 0.3) is 5.69 Å². The lowest BCUT2D eigenvalue weighted by Crippen LogP contribution is -2.01. The van der Waals surface area contributed by atoms with E-state index >= 15 is 0 Å². The van der Waals surface area contributed by atoms with E-state index in [1.807, 2.05) is 41.0 Å². The third-order valence-corrected chi connectivity index (χ3v) is 5.40. The van der Waals surface area contributed by atoms with Crippen molar-refractivity contribution in [2.24, 2.45) is 0 Å². The van der Waals surface area contributed by atoms with Gasteiger partial charge in [0.25, 0.3) is 0 Å². The summed E-state index contributed by atoms with van der Waals surface area (Å²) in [5.41, 5.74) is 3.02. The summed E-state index contributed by atoms with van der Waals surface area (Å²) in [7, 11) is 0. The normalized spacial score (nSPS) is 10.8. The lowest BCUT2D eigenvalue weighted by Gasteiger charge is -2.08. The molecular weight excluding hydrogens is 398 g/mol. The number of aromatic nitrogens is 3. The Kier molecular flexibility index (Phi) is 6.04. The lowest BCUT2D eigenvalue weighted by atomic mass is 10.1. The number of halogens is 1. The number of thioether (sulfide) groups is 1. The Hall–Kier alpha value is -1.92. The molecule has 0 aliphatic rings. The maximum absolute atomic E-state index is 12.2. The van der Waals surface area contributed by atoms with E-state index in [1.165, 1.54) is 5.56 Å². The number of nitrogens with zero attached hydrogens (tertiary/aromatic N) is 3. The van der Waals surface area contributed by atoms with E-state index in [9.17, 15) is 4.79 Å². The first kappa shape index (κ1) is 17.9.